The number of hydrogen-bond donors (Lipinski definition) is 0. The summed E-state index contributed by atoms with van der Waals surface area (Å²) in [4.78, 5) is 11.5. The fourth-order valence-electron chi connectivity index (χ4n) is 1.69. The number of hydrogen-bond acceptors (Lipinski definition) is 3. The highest BCUT2D eigenvalue weighted by Gasteiger charge is 2.20. The van der Waals surface area contributed by atoms with E-state index in [0.29, 0.717) is 11.9 Å². The number of carbonyl (C=O) groups is 1. The van der Waals surface area contributed by atoms with Crippen molar-refractivity contribution in [3.8, 4) is 0 Å². The van der Waals surface area contributed by atoms with E-state index in [1.807, 2.05) is 25.6 Å². The standard InChI is InChI=1S/C11H18O2S/c1-4-13-11(12)8(2)10-6-5-7-14-9(10)3/h9H,4-7H2,1-3H3. The second-order valence-corrected chi connectivity index (χ2v) is 4.94. The molecule has 1 unspecified atom stereocenters. The Hall–Kier alpha value is -0.440. The molecule has 3 heteroatoms. The van der Waals surface area contributed by atoms with Crippen molar-refractivity contribution < 1.29 is 9.53 Å². The summed E-state index contributed by atoms with van der Waals surface area (Å²) in [5.41, 5.74) is 2.10. The lowest BCUT2D eigenvalue weighted by atomic mass is 10.0. The molecule has 1 atom stereocenters. The lowest BCUT2D eigenvalue weighted by Gasteiger charge is -2.23. The minimum Gasteiger partial charge on any atom is -0.463 e. The van der Waals surface area contributed by atoms with Gasteiger partial charge in [-0.25, -0.2) is 4.79 Å². The third-order valence-electron chi connectivity index (χ3n) is 2.51. The van der Waals surface area contributed by atoms with E-state index in [1.165, 1.54) is 17.7 Å². The fraction of sp³-hybridized carbons (Fsp3) is 0.727. The van der Waals surface area contributed by atoms with Gasteiger partial charge >= 0.3 is 5.97 Å². The molecule has 1 heterocycles. The molecule has 14 heavy (non-hydrogen) atoms. The highest BCUT2D eigenvalue weighted by molar-refractivity contribution is 8.00. The van der Waals surface area contributed by atoms with Crippen LogP contribution in [0.25, 0.3) is 0 Å². The number of esters is 1. The van der Waals surface area contributed by atoms with Crippen LogP contribution in [0.3, 0.4) is 0 Å². The van der Waals surface area contributed by atoms with Crippen molar-refractivity contribution in [1.82, 2.24) is 0 Å². The van der Waals surface area contributed by atoms with Gasteiger partial charge in [-0.1, -0.05) is 0 Å². The molecule has 2 nitrogen and oxygen atoms in total. The Bertz CT molecular complexity index is 246. The molecule has 80 valence electrons. The van der Waals surface area contributed by atoms with Crippen molar-refractivity contribution in [1.29, 1.82) is 0 Å². The first-order chi connectivity index (χ1) is 6.66. The average molecular weight is 214 g/mol. The van der Waals surface area contributed by atoms with E-state index in [4.69, 9.17) is 4.74 Å². The van der Waals surface area contributed by atoms with Gasteiger partial charge < -0.3 is 4.74 Å². The van der Waals surface area contributed by atoms with Gasteiger partial charge in [0, 0.05) is 10.8 Å². The smallest absolute Gasteiger partial charge is 0.333 e. The van der Waals surface area contributed by atoms with E-state index < -0.39 is 0 Å². The van der Waals surface area contributed by atoms with E-state index in [2.05, 4.69) is 6.92 Å². The Morgan fingerprint density at radius 1 is 1.64 bits per heavy atom. The monoisotopic (exact) mass is 214 g/mol. The van der Waals surface area contributed by atoms with Crippen LogP contribution in [0.5, 0.6) is 0 Å². The molecule has 0 aliphatic carbocycles. The Labute approximate surface area is 90.1 Å². The van der Waals surface area contributed by atoms with Crippen LogP contribution in [0.15, 0.2) is 11.1 Å². The number of thioether (sulfide) groups is 1. The van der Waals surface area contributed by atoms with Gasteiger partial charge in [0.05, 0.1) is 6.61 Å². The normalized spacial score (nSPS) is 25.8. The summed E-state index contributed by atoms with van der Waals surface area (Å²) in [5.74, 6) is 1.07. The topological polar surface area (TPSA) is 26.3 Å². The molecule has 0 aromatic rings. The molecule has 0 amide bonds. The van der Waals surface area contributed by atoms with Crippen molar-refractivity contribution in [2.75, 3.05) is 12.4 Å². The minimum atomic E-state index is -0.142. The van der Waals surface area contributed by atoms with Crippen LogP contribution < -0.4 is 0 Å². The predicted molar refractivity (Wildman–Crippen MR) is 60.5 cm³/mol. The van der Waals surface area contributed by atoms with Crippen LogP contribution in [-0.2, 0) is 9.53 Å². The average Bonchev–Trinajstić information content (AvgIpc) is 2.18. The molecule has 0 aromatic heterocycles. The van der Waals surface area contributed by atoms with Crippen molar-refractivity contribution in [3.05, 3.63) is 11.1 Å². The summed E-state index contributed by atoms with van der Waals surface area (Å²) >= 11 is 1.92. The fourth-order valence-corrected chi connectivity index (χ4v) is 2.85. The van der Waals surface area contributed by atoms with Gasteiger partial charge in [-0.3, -0.25) is 0 Å². The maximum atomic E-state index is 11.5. The molecule has 1 rings (SSSR count). The van der Waals surface area contributed by atoms with Crippen molar-refractivity contribution in [3.63, 3.8) is 0 Å². The van der Waals surface area contributed by atoms with Crippen LogP contribution in [0.2, 0.25) is 0 Å². The van der Waals surface area contributed by atoms with Crippen LogP contribution in [0, 0.1) is 0 Å². The van der Waals surface area contributed by atoms with Crippen LogP contribution in [0.4, 0.5) is 0 Å². The predicted octanol–water partition coefficient (Wildman–Crippen LogP) is 2.78. The molecule has 0 radical (unpaired) electrons. The molecule has 1 fully saturated rings. The second kappa shape index (κ2) is 5.44. The molecule has 0 bridgehead atoms. The van der Waals surface area contributed by atoms with E-state index in [9.17, 15) is 4.79 Å². The summed E-state index contributed by atoms with van der Waals surface area (Å²) in [6, 6.07) is 0. The first-order valence-corrected chi connectivity index (χ1v) is 6.20. The third kappa shape index (κ3) is 2.77. The summed E-state index contributed by atoms with van der Waals surface area (Å²) in [7, 11) is 0. The van der Waals surface area contributed by atoms with Gasteiger partial charge in [0.2, 0.25) is 0 Å². The van der Waals surface area contributed by atoms with E-state index in [1.54, 1.807) is 0 Å². The molecule has 0 N–H and O–H groups in total. The van der Waals surface area contributed by atoms with Crippen LogP contribution in [-0.4, -0.2) is 23.6 Å². The SMILES string of the molecule is CCOC(=O)C(C)=C1CCCSC1C. The Kier molecular flexibility index (Phi) is 4.52. The van der Waals surface area contributed by atoms with Crippen LogP contribution >= 0.6 is 11.8 Å². The quantitative estimate of drug-likeness (QED) is 0.522. The molecule has 1 saturated heterocycles. The maximum Gasteiger partial charge on any atom is 0.333 e. The Balaban J connectivity index is 2.74. The van der Waals surface area contributed by atoms with E-state index >= 15 is 0 Å². The highest BCUT2D eigenvalue weighted by atomic mass is 32.2. The summed E-state index contributed by atoms with van der Waals surface area (Å²) in [6.45, 7) is 6.36. The lowest BCUT2D eigenvalue weighted by Crippen LogP contribution is -2.16. The first kappa shape index (κ1) is 11.6. The maximum absolute atomic E-state index is 11.5. The molecule has 0 saturated carbocycles. The second-order valence-electron chi connectivity index (χ2n) is 3.49. The highest BCUT2D eigenvalue weighted by Crippen LogP contribution is 2.31. The summed E-state index contributed by atoms with van der Waals surface area (Å²) in [6.07, 6.45) is 2.24. The Morgan fingerprint density at radius 3 is 2.93 bits per heavy atom. The van der Waals surface area contributed by atoms with E-state index in [-0.39, 0.29) is 5.97 Å². The van der Waals surface area contributed by atoms with E-state index in [0.717, 1.165) is 12.0 Å². The zero-order valence-corrected chi connectivity index (χ0v) is 9.95. The largest absolute Gasteiger partial charge is 0.463 e. The minimum absolute atomic E-state index is 0.142. The zero-order chi connectivity index (χ0) is 10.6. The first-order valence-electron chi connectivity index (χ1n) is 5.15. The molecule has 0 spiro atoms. The summed E-state index contributed by atoms with van der Waals surface area (Å²) in [5, 5.41) is 0.480. The third-order valence-corrected chi connectivity index (χ3v) is 3.82. The molecule has 0 aromatic carbocycles. The molecular weight excluding hydrogens is 196 g/mol. The number of carbonyl (C=O) groups excluding carboxylic acids is 1. The number of rotatable bonds is 2. The van der Waals surface area contributed by atoms with Gasteiger partial charge in [0.25, 0.3) is 0 Å². The summed E-state index contributed by atoms with van der Waals surface area (Å²) < 4.78 is 5.00. The van der Waals surface area contributed by atoms with Crippen LogP contribution in [0.1, 0.15) is 33.6 Å². The Morgan fingerprint density at radius 2 is 2.36 bits per heavy atom. The van der Waals surface area contributed by atoms with Crippen molar-refractivity contribution in [2.45, 2.75) is 38.9 Å². The van der Waals surface area contributed by atoms with Gasteiger partial charge in [-0.2, -0.15) is 11.8 Å². The zero-order valence-electron chi connectivity index (χ0n) is 9.13. The van der Waals surface area contributed by atoms with Gasteiger partial charge in [0.1, 0.15) is 0 Å². The molecule has 1 aliphatic rings. The molecular formula is C11H18O2S. The lowest BCUT2D eigenvalue weighted by molar-refractivity contribution is -0.138. The van der Waals surface area contributed by atoms with Crippen molar-refractivity contribution in [2.24, 2.45) is 0 Å². The van der Waals surface area contributed by atoms with Gasteiger partial charge in [-0.15, -0.1) is 0 Å². The number of ether oxygens (including phenoxy) is 1. The van der Waals surface area contributed by atoms with Crippen molar-refractivity contribution >= 4 is 17.7 Å². The molecule has 1 aliphatic heterocycles. The van der Waals surface area contributed by atoms with Gasteiger partial charge in [0.15, 0.2) is 0 Å². The van der Waals surface area contributed by atoms with Gasteiger partial charge in [-0.05, 0) is 44.9 Å².